The van der Waals surface area contributed by atoms with Crippen molar-refractivity contribution in [3.8, 4) is 16.9 Å². The van der Waals surface area contributed by atoms with E-state index < -0.39 is 5.97 Å². The number of hydrogen-bond acceptors (Lipinski definition) is 3. The molecule has 104 valence electrons. The summed E-state index contributed by atoms with van der Waals surface area (Å²) < 4.78 is 5.36. The number of aromatic carboxylic acids is 1. The van der Waals surface area contributed by atoms with Crippen LogP contribution in [0.3, 0.4) is 0 Å². The average Bonchev–Trinajstić information content (AvgIpc) is 2.53. The lowest BCUT2D eigenvalue weighted by molar-refractivity contribution is 0.0687. The molecule has 0 aliphatic carbocycles. The number of fused-ring (bicyclic) bond motifs is 1. The Morgan fingerprint density at radius 3 is 2.38 bits per heavy atom. The SMILES string of the molecule is COc1c(C(=O)O)nc2ccccc2c1-c1ccccc1. The van der Waals surface area contributed by atoms with Crippen LogP contribution in [0.2, 0.25) is 0 Å². The highest BCUT2D eigenvalue weighted by Crippen LogP contribution is 2.38. The second-order valence-electron chi connectivity index (χ2n) is 4.56. The number of carbonyl (C=O) groups is 1. The molecular formula is C17H13NO3. The highest BCUT2D eigenvalue weighted by molar-refractivity contribution is 6.03. The molecule has 1 N–H and O–H groups in total. The van der Waals surface area contributed by atoms with Crippen molar-refractivity contribution < 1.29 is 14.6 Å². The number of methoxy groups -OCH3 is 1. The minimum Gasteiger partial charge on any atom is -0.494 e. The number of hydrogen-bond donors (Lipinski definition) is 1. The van der Waals surface area contributed by atoms with Crippen molar-refractivity contribution in [2.45, 2.75) is 0 Å². The lowest BCUT2D eigenvalue weighted by Gasteiger charge is -2.14. The van der Waals surface area contributed by atoms with Gasteiger partial charge in [-0.15, -0.1) is 0 Å². The van der Waals surface area contributed by atoms with E-state index >= 15 is 0 Å². The second-order valence-corrected chi connectivity index (χ2v) is 4.56. The van der Waals surface area contributed by atoms with Crippen molar-refractivity contribution in [1.29, 1.82) is 0 Å². The molecule has 4 heteroatoms. The molecule has 0 radical (unpaired) electrons. The molecule has 0 aliphatic heterocycles. The van der Waals surface area contributed by atoms with E-state index in [1.54, 1.807) is 6.07 Å². The van der Waals surface area contributed by atoms with Gasteiger partial charge in [-0.1, -0.05) is 48.5 Å². The Morgan fingerprint density at radius 2 is 1.71 bits per heavy atom. The van der Waals surface area contributed by atoms with Crippen LogP contribution in [0.25, 0.3) is 22.0 Å². The number of nitrogens with zero attached hydrogens (tertiary/aromatic N) is 1. The number of aromatic nitrogens is 1. The van der Waals surface area contributed by atoms with Gasteiger partial charge in [-0.2, -0.15) is 0 Å². The Balaban J connectivity index is 2.46. The summed E-state index contributed by atoms with van der Waals surface area (Å²) in [6, 6.07) is 17.0. The quantitative estimate of drug-likeness (QED) is 0.795. The Hall–Kier alpha value is -2.88. The fraction of sp³-hybridized carbons (Fsp3) is 0.0588. The van der Waals surface area contributed by atoms with Gasteiger partial charge in [0.1, 0.15) is 0 Å². The maximum Gasteiger partial charge on any atom is 0.358 e. The van der Waals surface area contributed by atoms with Gasteiger partial charge in [-0.25, -0.2) is 9.78 Å². The number of benzene rings is 2. The Morgan fingerprint density at radius 1 is 1.05 bits per heavy atom. The molecular weight excluding hydrogens is 266 g/mol. The first-order chi connectivity index (χ1) is 10.2. The van der Waals surface area contributed by atoms with Crippen LogP contribution >= 0.6 is 0 Å². The van der Waals surface area contributed by atoms with E-state index in [9.17, 15) is 9.90 Å². The normalized spacial score (nSPS) is 10.5. The maximum absolute atomic E-state index is 11.5. The molecule has 0 fully saturated rings. The minimum absolute atomic E-state index is 0.0740. The molecule has 0 atom stereocenters. The van der Waals surface area contributed by atoms with Crippen molar-refractivity contribution in [3.63, 3.8) is 0 Å². The summed E-state index contributed by atoms with van der Waals surface area (Å²) in [7, 11) is 1.46. The Bertz CT molecular complexity index is 813. The van der Waals surface area contributed by atoms with Crippen molar-refractivity contribution in [2.75, 3.05) is 7.11 Å². The van der Waals surface area contributed by atoms with Crippen molar-refractivity contribution in [2.24, 2.45) is 0 Å². The first-order valence-electron chi connectivity index (χ1n) is 6.48. The summed E-state index contributed by atoms with van der Waals surface area (Å²) in [4.78, 5) is 15.7. The zero-order valence-electron chi connectivity index (χ0n) is 11.4. The monoisotopic (exact) mass is 279 g/mol. The number of rotatable bonds is 3. The van der Waals surface area contributed by atoms with Gasteiger partial charge in [0.25, 0.3) is 0 Å². The highest BCUT2D eigenvalue weighted by atomic mass is 16.5. The first kappa shape index (κ1) is 13.1. The van der Waals surface area contributed by atoms with Gasteiger partial charge < -0.3 is 9.84 Å². The molecule has 4 nitrogen and oxygen atoms in total. The molecule has 3 aromatic rings. The Labute approximate surface area is 121 Å². The van der Waals surface area contributed by atoms with Crippen LogP contribution in [0.5, 0.6) is 5.75 Å². The molecule has 0 saturated heterocycles. The summed E-state index contributed by atoms with van der Waals surface area (Å²) in [5, 5.41) is 10.3. The van der Waals surface area contributed by atoms with Crippen molar-refractivity contribution in [3.05, 3.63) is 60.3 Å². The van der Waals surface area contributed by atoms with Crippen molar-refractivity contribution >= 4 is 16.9 Å². The lowest BCUT2D eigenvalue weighted by Crippen LogP contribution is -2.06. The third-order valence-electron chi connectivity index (χ3n) is 3.32. The topological polar surface area (TPSA) is 59.4 Å². The van der Waals surface area contributed by atoms with Gasteiger partial charge in [-0.3, -0.25) is 0 Å². The Kier molecular flexibility index (Phi) is 3.28. The molecule has 1 aromatic heterocycles. The summed E-state index contributed by atoms with van der Waals surface area (Å²) in [5.74, 6) is -0.817. The first-order valence-corrected chi connectivity index (χ1v) is 6.48. The summed E-state index contributed by atoms with van der Waals surface area (Å²) in [6.45, 7) is 0. The summed E-state index contributed by atoms with van der Waals surface area (Å²) in [6.07, 6.45) is 0. The molecule has 1 heterocycles. The number of carboxylic acids is 1. The van der Waals surface area contributed by atoms with E-state index in [4.69, 9.17) is 4.74 Å². The average molecular weight is 279 g/mol. The van der Waals surface area contributed by atoms with E-state index in [1.165, 1.54) is 7.11 Å². The van der Waals surface area contributed by atoms with Crippen LogP contribution in [0, 0.1) is 0 Å². The molecule has 0 amide bonds. The number of para-hydroxylation sites is 1. The molecule has 21 heavy (non-hydrogen) atoms. The fourth-order valence-corrected chi connectivity index (χ4v) is 2.43. The van der Waals surface area contributed by atoms with Crippen LogP contribution in [0.4, 0.5) is 0 Å². The van der Waals surface area contributed by atoms with Crippen LogP contribution in [-0.2, 0) is 0 Å². The van der Waals surface area contributed by atoms with Crippen LogP contribution in [-0.4, -0.2) is 23.2 Å². The third kappa shape index (κ3) is 2.21. The molecule has 2 aromatic carbocycles. The molecule has 0 aliphatic rings. The zero-order valence-corrected chi connectivity index (χ0v) is 11.4. The summed E-state index contributed by atoms with van der Waals surface area (Å²) >= 11 is 0. The molecule has 0 bridgehead atoms. The minimum atomic E-state index is -1.10. The molecule has 0 saturated carbocycles. The van der Waals surface area contributed by atoms with Crippen LogP contribution < -0.4 is 4.74 Å². The maximum atomic E-state index is 11.5. The van der Waals surface area contributed by atoms with E-state index in [0.717, 1.165) is 16.5 Å². The second kappa shape index (κ2) is 5.25. The van der Waals surface area contributed by atoms with Gasteiger partial charge in [0.15, 0.2) is 11.4 Å². The van der Waals surface area contributed by atoms with E-state index in [0.29, 0.717) is 5.52 Å². The van der Waals surface area contributed by atoms with Gasteiger partial charge in [-0.05, 0) is 11.6 Å². The van der Waals surface area contributed by atoms with Crippen LogP contribution in [0.1, 0.15) is 10.5 Å². The van der Waals surface area contributed by atoms with Crippen LogP contribution in [0.15, 0.2) is 54.6 Å². The van der Waals surface area contributed by atoms with E-state index in [2.05, 4.69) is 4.98 Å². The largest absolute Gasteiger partial charge is 0.494 e. The number of pyridine rings is 1. The molecule has 3 rings (SSSR count). The number of ether oxygens (including phenoxy) is 1. The highest BCUT2D eigenvalue weighted by Gasteiger charge is 2.21. The zero-order chi connectivity index (χ0) is 14.8. The fourth-order valence-electron chi connectivity index (χ4n) is 2.43. The van der Waals surface area contributed by atoms with E-state index in [1.807, 2.05) is 48.5 Å². The van der Waals surface area contributed by atoms with Gasteiger partial charge in [0, 0.05) is 10.9 Å². The van der Waals surface area contributed by atoms with Crippen molar-refractivity contribution in [1.82, 2.24) is 4.98 Å². The predicted molar refractivity (Wildman–Crippen MR) is 80.7 cm³/mol. The van der Waals surface area contributed by atoms with E-state index in [-0.39, 0.29) is 11.4 Å². The van der Waals surface area contributed by atoms with Gasteiger partial charge >= 0.3 is 5.97 Å². The molecule has 0 unspecified atom stereocenters. The van der Waals surface area contributed by atoms with Gasteiger partial charge in [0.2, 0.25) is 0 Å². The standard InChI is InChI=1S/C17H13NO3/c1-21-16-14(11-7-3-2-4-8-11)12-9-5-6-10-13(12)18-15(16)17(19)20/h2-10H,1H3,(H,19,20). The lowest BCUT2D eigenvalue weighted by atomic mass is 9.98. The number of carboxylic acid groups (broad SMARTS) is 1. The summed E-state index contributed by atoms with van der Waals surface area (Å²) in [5.41, 5.74) is 2.21. The molecule has 0 spiro atoms. The predicted octanol–water partition coefficient (Wildman–Crippen LogP) is 3.61. The smallest absolute Gasteiger partial charge is 0.358 e. The third-order valence-corrected chi connectivity index (χ3v) is 3.32. The van der Waals surface area contributed by atoms with Gasteiger partial charge in [0.05, 0.1) is 12.6 Å².